The van der Waals surface area contributed by atoms with Crippen LogP contribution in [0.2, 0.25) is 0 Å². The fourth-order valence-electron chi connectivity index (χ4n) is 1.93. The van der Waals surface area contributed by atoms with Crippen molar-refractivity contribution in [1.29, 1.82) is 0 Å². The van der Waals surface area contributed by atoms with Crippen molar-refractivity contribution >= 4 is 5.82 Å². The van der Waals surface area contributed by atoms with E-state index in [4.69, 9.17) is 0 Å². The van der Waals surface area contributed by atoms with Crippen LogP contribution in [-0.2, 0) is 0 Å². The van der Waals surface area contributed by atoms with E-state index in [2.05, 4.69) is 25.3 Å². The van der Waals surface area contributed by atoms with E-state index < -0.39 is 0 Å². The van der Waals surface area contributed by atoms with Crippen LogP contribution in [0.15, 0.2) is 30.9 Å². The van der Waals surface area contributed by atoms with Gasteiger partial charge >= 0.3 is 0 Å². The van der Waals surface area contributed by atoms with Crippen molar-refractivity contribution in [3.63, 3.8) is 0 Å². The highest BCUT2D eigenvalue weighted by molar-refractivity contribution is 5.43. The Labute approximate surface area is 99.3 Å². The lowest BCUT2D eigenvalue weighted by atomic mass is 10.3. The van der Waals surface area contributed by atoms with E-state index >= 15 is 0 Å². The van der Waals surface area contributed by atoms with Gasteiger partial charge in [-0.25, -0.2) is 14.6 Å². The molecule has 0 aliphatic carbocycles. The standard InChI is InChI=1S/C11H14N6/c1-2-15-17(5-1)11-8-10(13-9-14-11)16-6-3-12-4-7-16/h1-2,5,8-9,12H,3-4,6-7H2. The summed E-state index contributed by atoms with van der Waals surface area (Å²) in [4.78, 5) is 10.8. The quantitative estimate of drug-likeness (QED) is 0.791. The molecule has 2 aromatic heterocycles. The summed E-state index contributed by atoms with van der Waals surface area (Å²) < 4.78 is 1.74. The third kappa shape index (κ3) is 2.12. The van der Waals surface area contributed by atoms with Crippen LogP contribution in [0.1, 0.15) is 0 Å². The highest BCUT2D eigenvalue weighted by Crippen LogP contribution is 2.13. The van der Waals surface area contributed by atoms with E-state index in [0.29, 0.717) is 0 Å². The summed E-state index contributed by atoms with van der Waals surface area (Å²) in [6.07, 6.45) is 5.21. The van der Waals surface area contributed by atoms with Gasteiger partial charge in [-0.15, -0.1) is 0 Å². The molecule has 0 unspecified atom stereocenters. The van der Waals surface area contributed by atoms with Gasteiger partial charge in [0, 0.05) is 44.6 Å². The molecular weight excluding hydrogens is 216 g/mol. The van der Waals surface area contributed by atoms with Crippen LogP contribution in [0.5, 0.6) is 0 Å². The number of hydrogen-bond donors (Lipinski definition) is 1. The second kappa shape index (κ2) is 4.50. The van der Waals surface area contributed by atoms with Gasteiger partial charge in [0.05, 0.1) is 0 Å². The zero-order valence-electron chi connectivity index (χ0n) is 9.45. The van der Waals surface area contributed by atoms with Gasteiger partial charge in [-0.3, -0.25) is 0 Å². The Morgan fingerprint density at radius 1 is 1.12 bits per heavy atom. The first-order valence-electron chi connectivity index (χ1n) is 5.71. The van der Waals surface area contributed by atoms with Crippen LogP contribution < -0.4 is 10.2 Å². The number of piperazine rings is 1. The summed E-state index contributed by atoms with van der Waals surface area (Å²) in [5.41, 5.74) is 0. The zero-order chi connectivity index (χ0) is 11.5. The number of nitrogens with zero attached hydrogens (tertiary/aromatic N) is 5. The van der Waals surface area contributed by atoms with Gasteiger partial charge in [-0.2, -0.15) is 5.10 Å². The summed E-state index contributed by atoms with van der Waals surface area (Å²) in [5, 5.41) is 7.49. The molecule has 3 rings (SSSR count). The summed E-state index contributed by atoms with van der Waals surface area (Å²) in [7, 11) is 0. The molecule has 1 fully saturated rings. The van der Waals surface area contributed by atoms with Gasteiger partial charge in [0.25, 0.3) is 0 Å². The largest absolute Gasteiger partial charge is 0.354 e. The monoisotopic (exact) mass is 230 g/mol. The van der Waals surface area contributed by atoms with Crippen molar-refractivity contribution < 1.29 is 0 Å². The van der Waals surface area contributed by atoms with Crippen LogP contribution in [0.3, 0.4) is 0 Å². The maximum absolute atomic E-state index is 4.32. The topological polar surface area (TPSA) is 58.9 Å². The first-order valence-corrected chi connectivity index (χ1v) is 5.71. The molecule has 0 spiro atoms. The fraction of sp³-hybridized carbons (Fsp3) is 0.364. The number of rotatable bonds is 2. The molecule has 88 valence electrons. The van der Waals surface area contributed by atoms with Gasteiger partial charge in [-0.1, -0.05) is 0 Å². The summed E-state index contributed by atoms with van der Waals surface area (Å²) >= 11 is 0. The van der Waals surface area contributed by atoms with Crippen LogP contribution in [0.25, 0.3) is 5.82 Å². The lowest BCUT2D eigenvalue weighted by Crippen LogP contribution is -2.43. The molecule has 1 N–H and O–H groups in total. The van der Waals surface area contributed by atoms with Gasteiger partial charge in [0.1, 0.15) is 12.1 Å². The van der Waals surface area contributed by atoms with Crippen molar-refractivity contribution in [2.24, 2.45) is 0 Å². The lowest BCUT2D eigenvalue weighted by molar-refractivity contribution is 0.584. The summed E-state index contributed by atoms with van der Waals surface area (Å²) in [5.74, 6) is 1.77. The first kappa shape index (κ1) is 10.2. The van der Waals surface area contributed by atoms with E-state index in [1.807, 2.05) is 18.3 Å². The lowest BCUT2D eigenvalue weighted by Gasteiger charge is -2.28. The minimum absolute atomic E-state index is 0.804. The molecule has 1 aliphatic heterocycles. The molecule has 0 saturated carbocycles. The minimum Gasteiger partial charge on any atom is -0.354 e. The molecule has 2 aromatic rings. The maximum atomic E-state index is 4.32. The number of hydrogen-bond acceptors (Lipinski definition) is 5. The van der Waals surface area contributed by atoms with Crippen LogP contribution in [0.4, 0.5) is 5.82 Å². The molecule has 0 aromatic carbocycles. The highest BCUT2D eigenvalue weighted by atomic mass is 15.3. The van der Waals surface area contributed by atoms with Crippen molar-refractivity contribution in [2.75, 3.05) is 31.1 Å². The Kier molecular flexibility index (Phi) is 2.71. The molecule has 0 bridgehead atoms. The Hall–Kier alpha value is -1.95. The fourth-order valence-corrected chi connectivity index (χ4v) is 1.93. The predicted octanol–water partition coefficient (Wildman–Crippen LogP) is 0.0719. The predicted molar refractivity (Wildman–Crippen MR) is 64.2 cm³/mol. The Bertz CT molecular complexity index is 474. The molecule has 6 heteroatoms. The molecule has 1 aliphatic rings. The average Bonchev–Trinajstić information content (AvgIpc) is 2.94. The van der Waals surface area contributed by atoms with Gasteiger partial charge in [0.2, 0.25) is 0 Å². The molecular formula is C11H14N6. The second-order valence-electron chi connectivity index (χ2n) is 3.92. The van der Waals surface area contributed by atoms with Crippen LogP contribution >= 0.6 is 0 Å². The van der Waals surface area contributed by atoms with Crippen molar-refractivity contribution in [2.45, 2.75) is 0 Å². The first-order chi connectivity index (χ1) is 8.43. The Morgan fingerprint density at radius 2 is 1.94 bits per heavy atom. The van der Waals surface area contributed by atoms with Gasteiger partial charge in [0.15, 0.2) is 5.82 Å². The molecule has 1 saturated heterocycles. The Balaban J connectivity index is 1.88. The number of aromatic nitrogens is 4. The summed E-state index contributed by atoms with van der Waals surface area (Å²) in [6, 6.07) is 3.85. The third-order valence-electron chi connectivity index (χ3n) is 2.82. The summed E-state index contributed by atoms with van der Waals surface area (Å²) in [6.45, 7) is 3.97. The van der Waals surface area contributed by atoms with Gasteiger partial charge in [-0.05, 0) is 6.07 Å². The smallest absolute Gasteiger partial charge is 0.158 e. The van der Waals surface area contributed by atoms with Crippen molar-refractivity contribution in [3.8, 4) is 5.82 Å². The van der Waals surface area contributed by atoms with Crippen molar-refractivity contribution in [1.82, 2.24) is 25.1 Å². The highest BCUT2D eigenvalue weighted by Gasteiger charge is 2.12. The normalized spacial score (nSPS) is 16.1. The molecule has 3 heterocycles. The number of nitrogens with one attached hydrogen (secondary N) is 1. The maximum Gasteiger partial charge on any atom is 0.158 e. The van der Waals surface area contributed by atoms with E-state index in [1.165, 1.54) is 0 Å². The van der Waals surface area contributed by atoms with E-state index in [-0.39, 0.29) is 0 Å². The molecule has 0 atom stereocenters. The Morgan fingerprint density at radius 3 is 2.71 bits per heavy atom. The van der Waals surface area contributed by atoms with Crippen LogP contribution in [0, 0.1) is 0 Å². The molecule has 17 heavy (non-hydrogen) atoms. The van der Waals surface area contributed by atoms with Crippen molar-refractivity contribution in [3.05, 3.63) is 30.9 Å². The zero-order valence-corrected chi connectivity index (χ0v) is 9.45. The minimum atomic E-state index is 0.804. The second-order valence-corrected chi connectivity index (χ2v) is 3.92. The number of anilines is 1. The van der Waals surface area contributed by atoms with E-state index in [1.54, 1.807) is 17.2 Å². The molecule has 6 nitrogen and oxygen atoms in total. The van der Waals surface area contributed by atoms with E-state index in [0.717, 1.165) is 37.8 Å². The molecule has 0 radical (unpaired) electrons. The third-order valence-corrected chi connectivity index (χ3v) is 2.82. The molecule has 0 amide bonds. The SMILES string of the molecule is c1cnn(-c2cc(N3CCNCC3)ncn2)c1. The van der Waals surface area contributed by atoms with Crippen LogP contribution in [-0.4, -0.2) is 45.9 Å². The average molecular weight is 230 g/mol. The van der Waals surface area contributed by atoms with Gasteiger partial charge < -0.3 is 10.2 Å². The van der Waals surface area contributed by atoms with E-state index in [9.17, 15) is 0 Å².